The van der Waals surface area contributed by atoms with E-state index in [1.54, 1.807) is 0 Å². The summed E-state index contributed by atoms with van der Waals surface area (Å²) in [7, 11) is 0. The highest BCUT2D eigenvalue weighted by Gasteiger charge is 2.51. The Hall–Kier alpha value is -3.33. The number of aryl methyl sites for hydroxylation is 2. The van der Waals surface area contributed by atoms with Crippen LogP contribution in [-0.2, 0) is 10.2 Å². The van der Waals surface area contributed by atoms with Crippen LogP contribution in [0.15, 0.2) is 36.7 Å². The minimum Gasteiger partial charge on any atom is -0.378 e. The lowest BCUT2D eigenvalue weighted by Crippen LogP contribution is -2.52. The molecule has 4 aliphatic rings. The summed E-state index contributed by atoms with van der Waals surface area (Å²) in [4.78, 5) is 18.6. The van der Waals surface area contributed by atoms with Crippen LogP contribution in [0.5, 0.6) is 0 Å². The number of aromatic nitrogens is 6. The average molecular weight is 477 g/mol. The van der Waals surface area contributed by atoms with Crippen molar-refractivity contribution in [1.82, 2.24) is 29.7 Å². The molecule has 7 nitrogen and oxygen atoms in total. The van der Waals surface area contributed by atoms with Crippen molar-refractivity contribution >= 4 is 11.2 Å². The first kappa shape index (κ1) is 22.2. The van der Waals surface area contributed by atoms with E-state index < -0.39 is 11.6 Å². The Bertz CT molecular complexity index is 1390. The summed E-state index contributed by atoms with van der Waals surface area (Å²) in [6.07, 6.45) is 9.30. The zero-order chi connectivity index (χ0) is 24.2. The standard InChI is InChI=1S/C20H18F2N4O.C6H8N2/c1-10-11(2)24-18-17(23-10)16(14-4-3-12(21)7-15(14)22)25-19(26-18)20-5-6-27-13(8-20)9-20;1-4-7-8(5-1)6-2-3-6/h3-4,7,13H,5-6,8-9H2,1-2H3;1,4-6H,2-3H2. The maximum Gasteiger partial charge on any atom is 0.182 e. The summed E-state index contributed by atoms with van der Waals surface area (Å²) in [5.41, 5.74) is 2.82. The molecule has 0 N–H and O–H groups in total. The topological polar surface area (TPSA) is 78.6 Å². The van der Waals surface area contributed by atoms with Gasteiger partial charge in [0, 0.05) is 36.0 Å². The van der Waals surface area contributed by atoms with Gasteiger partial charge >= 0.3 is 0 Å². The SMILES string of the molecule is Cc1nc2nc(C34CCOC(C3)C4)nc(-c3ccc(F)cc3F)c2nc1C.c1cnn(C2CC2)c1. The predicted molar refractivity (Wildman–Crippen MR) is 126 cm³/mol. The Morgan fingerprint density at radius 2 is 1.83 bits per heavy atom. The zero-order valence-electron chi connectivity index (χ0n) is 19.7. The van der Waals surface area contributed by atoms with E-state index >= 15 is 0 Å². The largest absolute Gasteiger partial charge is 0.378 e. The fourth-order valence-corrected chi connectivity index (χ4v) is 4.90. The second-order valence-corrected chi connectivity index (χ2v) is 9.74. The molecule has 1 aromatic carbocycles. The number of hydrogen-bond acceptors (Lipinski definition) is 6. The lowest BCUT2D eigenvalue weighted by atomic mass is 9.62. The summed E-state index contributed by atoms with van der Waals surface area (Å²) >= 11 is 0. The summed E-state index contributed by atoms with van der Waals surface area (Å²) in [6, 6.07) is 6.21. The number of ether oxygens (including phenoxy) is 1. The molecule has 4 aromatic rings. The van der Waals surface area contributed by atoms with Gasteiger partial charge in [-0.05, 0) is 64.2 Å². The van der Waals surface area contributed by atoms with Crippen LogP contribution < -0.4 is 0 Å². The summed E-state index contributed by atoms with van der Waals surface area (Å²) in [6.45, 7) is 4.38. The highest BCUT2D eigenvalue weighted by atomic mass is 19.1. The van der Waals surface area contributed by atoms with Crippen molar-refractivity contribution in [2.75, 3.05) is 6.61 Å². The van der Waals surface area contributed by atoms with Gasteiger partial charge in [0.05, 0.1) is 23.5 Å². The van der Waals surface area contributed by atoms with E-state index in [4.69, 9.17) is 14.7 Å². The van der Waals surface area contributed by atoms with Gasteiger partial charge in [-0.2, -0.15) is 5.10 Å². The number of benzene rings is 1. The van der Waals surface area contributed by atoms with Crippen LogP contribution in [-0.4, -0.2) is 42.4 Å². The van der Waals surface area contributed by atoms with E-state index in [0.29, 0.717) is 29.3 Å². The van der Waals surface area contributed by atoms with Crippen LogP contribution in [0.1, 0.15) is 55.4 Å². The highest BCUT2D eigenvalue weighted by molar-refractivity contribution is 5.87. The maximum absolute atomic E-state index is 14.6. The third kappa shape index (κ3) is 4.07. The van der Waals surface area contributed by atoms with E-state index in [0.717, 1.165) is 42.8 Å². The lowest BCUT2D eigenvalue weighted by molar-refractivity contribution is -0.111. The first-order valence-corrected chi connectivity index (χ1v) is 12.0. The molecule has 180 valence electrons. The molecule has 8 rings (SSSR count). The van der Waals surface area contributed by atoms with Gasteiger partial charge in [-0.1, -0.05) is 0 Å². The van der Waals surface area contributed by atoms with Gasteiger partial charge < -0.3 is 4.74 Å². The van der Waals surface area contributed by atoms with Crippen LogP contribution in [0.3, 0.4) is 0 Å². The smallest absolute Gasteiger partial charge is 0.182 e. The molecule has 2 saturated heterocycles. The number of fused-ring (bicyclic) bond motifs is 3. The van der Waals surface area contributed by atoms with Crippen LogP contribution in [0.25, 0.3) is 22.4 Å². The molecule has 2 aliphatic carbocycles. The second kappa shape index (κ2) is 8.41. The Labute approximate surface area is 201 Å². The van der Waals surface area contributed by atoms with Crippen molar-refractivity contribution in [2.45, 2.75) is 63.5 Å². The maximum atomic E-state index is 14.6. The predicted octanol–water partition coefficient (Wildman–Crippen LogP) is 5.02. The molecular weight excluding hydrogens is 450 g/mol. The number of hydrogen-bond donors (Lipinski definition) is 0. The Morgan fingerprint density at radius 3 is 2.49 bits per heavy atom. The third-order valence-corrected chi connectivity index (χ3v) is 7.22. The fraction of sp³-hybridized carbons (Fsp3) is 0.423. The molecule has 2 bridgehead atoms. The summed E-state index contributed by atoms with van der Waals surface area (Å²) in [5, 5.41) is 4.09. The lowest BCUT2D eigenvalue weighted by Gasteiger charge is -2.50. The molecule has 0 amide bonds. The minimum absolute atomic E-state index is 0.150. The van der Waals surface area contributed by atoms with Gasteiger partial charge in [0.2, 0.25) is 0 Å². The van der Waals surface area contributed by atoms with Crippen LogP contribution in [0.4, 0.5) is 8.78 Å². The molecule has 9 heteroatoms. The molecule has 2 aliphatic heterocycles. The normalized spacial score (nSPS) is 22.9. The van der Waals surface area contributed by atoms with E-state index in [-0.39, 0.29) is 17.1 Å². The average Bonchev–Trinajstić information content (AvgIpc) is 3.53. The molecular formula is C26H26F2N6O. The Morgan fingerprint density at radius 1 is 1.03 bits per heavy atom. The quantitative estimate of drug-likeness (QED) is 0.413. The van der Waals surface area contributed by atoms with Gasteiger partial charge in [0.1, 0.15) is 28.7 Å². The number of rotatable bonds is 3. The van der Waals surface area contributed by atoms with Crippen LogP contribution in [0.2, 0.25) is 0 Å². The van der Waals surface area contributed by atoms with Crippen LogP contribution >= 0.6 is 0 Å². The Balaban J connectivity index is 0.000000240. The molecule has 35 heavy (non-hydrogen) atoms. The van der Waals surface area contributed by atoms with Crippen molar-refractivity contribution in [3.63, 3.8) is 0 Å². The molecule has 0 radical (unpaired) electrons. The molecule has 5 heterocycles. The van der Waals surface area contributed by atoms with Crippen molar-refractivity contribution < 1.29 is 13.5 Å². The van der Waals surface area contributed by atoms with E-state index in [1.807, 2.05) is 37.0 Å². The van der Waals surface area contributed by atoms with Crippen molar-refractivity contribution in [3.8, 4) is 11.3 Å². The van der Waals surface area contributed by atoms with Crippen molar-refractivity contribution in [2.24, 2.45) is 0 Å². The summed E-state index contributed by atoms with van der Waals surface area (Å²) in [5.74, 6) is -0.638. The first-order valence-electron chi connectivity index (χ1n) is 12.0. The molecule has 3 aromatic heterocycles. The van der Waals surface area contributed by atoms with Gasteiger partial charge in [-0.3, -0.25) is 4.68 Å². The van der Waals surface area contributed by atoms with Crippen molar-refractivity contribution in [1.29, 1.82) is 0 Å². The molecule has 4 fully saturated rings. The number of nitrogens with zero attached hydrogens (tertiary/aromatic N) is 6. The minimum atomic E-state index is -0.669. The summed E-state index contributed by atoms with van der Waals surface area (Å²) < 4.78 is 35.7. The zero-order valence-corrected chi connectivity index (χ0v) is 19.7. The Kier molecular flexibility index (Phi) is 5.32. The van der Waals surface area contributed by atoms with Gasteiger partial charge in [-0.15, -0.1) is 0 Å². The van der Waals surface area contributed by atoms with Gasteiger partial charge in [-0.25, -0.2) is 28.7 Å². The van der Waals surface area contributed by atoms with E-state index in [2.05, 4.69) is 15.1 Å². The molecule has 0 spiro atoms. The first-order chi connectivity index (χ1) is 16.9. The molecule has 2 saturated carbocycles. The van der Waals surface area contributed by atoms with Gasteiger partial charge in [0.15, 0.2) is 5.65 Å². The van der Waals surface area contributed by atoms with Gasteiger partial charge in [0.25, 0.3) is 0 Å². The van der Waals surface area contributed by atoms with Crippen molar-refractivity contribution in [3.05, 3.63) is 65.5 Å². The molecule has 0 unspecified atom stereocenters. The van der Waals surface area contributed by atoms with E-state index in [1.165, 1.54) is 25.0 Å². The molecule has 0 atom stereocenters. The highest BCUT2D eigenvalue weighted by Crippen LogP contribution is 2.50. The second-order valence-electron chi connectivity index (χ2n) is 9.74. The van der Waals surface area contributed by atoms with E-state index in [9.17, 15) is 8.78 Å². The van der Waals surface area contributed by atoms with Crippen LogP contribution in [0, 0.1) is 25.5 Å². The third-order valence-electron chi connectivity index (χ3n) is 7.22. The fourth-order valence-electron chi connectivity index (χ4n) is 4.90. The monoisotopic (exact) mass is 476 g/mol. The number of halogens is 2.